The summed E-state index contributed by atoms with van der Waals surface area (Å²) in [5, 5.41) is 2.95. The molecule has 28 heavy (non-hydrogen) atoms. The standard InChI is InChI=1S/C24H21NO3/c1-15-10-16(2)12-20(11-15)25-23(26)18-8-9-21-19(13-18)14-22(28-24(21)27)17-6-4-3-5-7-17/h3-13,22H,14H2,1-2H3,(H,25,26)/t22-/m0/s1. The Hall–Kier alpha value is -3.40. The lowest BCUT2D eigenvalue weighted by molar-refractivity contribution is 0.0252. The predicted molar refractivity (Wildman–Crippen MR) is 109 cm³/mol. The molecule has 0 saturated carbocycles. The molecule has 4 rings (SSSR count). The average Bonchev–Trinajstić information content (AvgIpc) is 2.67. The van der Waals surface area contributed by atoms with E-state index in [4.69, 9.17) is 4.74 Å². The van der Waals surface area contributed by atoms with Gasteiger partial charge in [0, 0.05) is 17.7 Å². The van der Waals surface area contributed by atoms with E-state index in [2.05, 4.69) is 11.4 Å². The highest BCUT2D eigenvalue weighted by Crippen LogP contribution is 2.31. The molecule has 140 valence electrons. The zero-order valence-electron chi connectivity index (χ0n) is 15.9. The van der Waals surface area contributed by atoms with Crippen molar-refractivity contribution in [2.45, 2.75) is 26.4 Å². The fraction of sp³-hybridized carbons (Fsp3) is 0.167. The number of ether oxygens (including phenoxy) is 1. The topological polar surface area (TPSA) is 55.4 Å². The van der Waals surface area contributed by atoms with E-state index in [0.29, 0.717) is 17.5 Å². The number of esters is 1. The summed E-state index contributed by atoms with van der Waals surface area (Å²) >= 11 is 0. The lowest BCUT2D eigenvalue weighted by Crippen LogP contribution is -2.23. The normalized spacial score (nSPS) is 15.5. The van der Waals surface area contributed by atoms with Crippen LogP contribution in [0.5, 0.6) is 0 Å². The largest absolute Gasteiger partial charge is 0.454 e. The third kappa shape index (κ3) is 3.67. The zero-order chi connectivity index (χ0) is 19.7. The van der Waals surface area contributed by atoms with Gasteiger partial charge in [-0.1, -0.05) is 36.4 Å². The van der Waals surface area contributed by atoms with Crippen molar-refractivity contribution in [1.82, 2.24) is 0 Å². The number of hydrogen-bond donors (Lipinski definition) is 1. The van der Waals surface area contributed by atoms with Crippen molar-refractivity contribution in [2.75, 3.05) is 5.32 Å². The van der Waals surface area contributed by atoms with Crippen LogP contribution >= 0.6 is 0 Å². The van der Waals surface area contributed by atoms with Crippen molar-refractivity contribution >= 4 is 17.6 Å². The van der Waals surface area contributed by atoms with Crippen molar-refractivity contribution in [1.29, 1.82) is 0 Å². The van der Waals surface area contributed by atoms with Crippen molar-refractivity contribution in [2.24, 2.45) is 0 Å². The molecule has 3 aromatic rings. The number of hydrogen-bond acceptors (Lipinski definition) is 3. The van der Waals surface area contributed by atoms with Crippen molar-refractivity contribution in [3.8, 4) is 0 Å². The number of carbonyl (C=O) groups excluding carboxylic acids is 2. The molecule has 0 unspecified atom stereocenters. The van der Waals surface area contributed by atoms with Crippen LogP contribution in [0.2, 0.25) is 0 Å². The Bertz CT molecular complexity index is 1040. The Morgan fingerprint density at radius 1 is 0.964 bits per heavy atom. The molecular weight excluding hydrogens is 350 g/mol. The average molecular weight is 371 g/mol. The minimum atomic E-state index is -0.351. The zero-order valence-corrected chi connectivity index (χ0v) is 15.9. The maximum atomic E-state index is 12.7. The number of rotatable bonds is 3. The third-order valence-corrected chi connectivity index (χ3v) is 4.89. The van der Waals surface area contributed by atoms with Gasteiger partial charge in [-0.2, -0.15) is 0 Å². The van der Waals surface area contributed by atoms with Gasteiger partial charge in [-0.3, -0.25) is 4.79 Å². The van der Waals surface area contributed by atoms with Gasteiger partial charge < -0.3 is 10.1 Å². The van der Waals surface area contributed by atoms with Crippen LogP contribution in [0, 0.1) is 13.8 Å². The van der Waals surface area contributed by atoms with Gasteiger partial charge in [-0.15, -0.1) is 0 Å². The lowest BCUT2D eigenvalue weighted by Gasteiger charge is -2.25. The van der Waals surface area contributed by atoms with Gasteiger partial charge in [-0.25, -0.2) is 4.79 Å². The van der Waals surface area contributed by atoms with Crippen molar-refractivity contribution in [3.05, 3.63) is 100 Å². The van der Waals surface area contributed by atoms with Gasteiger partial charge in [0.15, 0.2) is 0 Å². The van der Waals surface area contributed by atoms with Crippen molar-refractivity contribution < 1.29 is 14.3 Å². The second-order valence-corrected chi connectivity index (χ2v) is 7.21. The number of carbonyl (C=O) groups is 2. The first-order valence-electron chi connectivity index (χ1n) is 9.28. The van der Waals surface area contributed by atoms with E-state index in [9.17, 15) is 9.59 Å². The van der Waals surface area contributed by atoms with E-state index in [0.717, 1.165) is 27.9 Å². The third-order valence-electron chi connectivity index (χ3n) is 4.89. The molecule has 3 aromatic carbocycles. The van der Waals surface area contributed by atoms with E-state index in [1.807, 2.05) is 56.3 Å². The molecule has 1 N–H and O–H groups in total. The first kappa shape index (κ1) is 18.0. The summed E-state index contributed by atoms with van der Waals surface area (Å²) in [5.41, 5.74) is 5.78. The maximum Gasteiger partial charge on any atom is 0.339 e. The van der Waals surface area contributed by atoms with Crippen LogP contribution in [0.3, 0.4) is 0 Å². The SMILES string of the molecule is Cc1cc(C)cc(NC(=O)c2ccc3c(c2)C[C@@H](c2ccccc2)OC3=O)c1. The number of cyclic esters (lactones) is 1. The summed E-state index contributed by atoms with van der Waals surface area (Å²) in [4.78, 5) is 25.1. The summed E-state index contributed by atoms with van der Waals surface area (Å²) < 4.78 is 5.58. The molecule has 1 atom stereocenters. The highest BCUT2D eigenvalue weighted by atomic mass is 16.5. The smallest absolute Gasteiger partial charge is 0.339 e. The van der Waals surface area contributed by atoms with E-state index in [-0.39, 0.29) is 18.0 Å². The lowest BCUT2D eigenvalue weighted by atomic mass is 9.93. The van der Waals surface area contributed by atoms with E-state index < -0.39 is 0 Å². The Balaban J connectivity index is 1.59. The van der Waals surface area contributed by atoms with Crippen LogP contribution in [0.25, 0.3) is 0 Å². The van der Waals surface area contributed by atoms with Crippen LogP contribution in [-0.2, 0) is 11.2 Å². The summed E-state index contributed by atoms with van der Waals surface area (Å²) in [6.45, 7) is 3.99. The quantitative estimate of drug-likeness (QED) is 0.659. The minimum absolute atomic E-state index is 0.192. The molecule has 0 aliphatic carbocycles. The summed E-state index contributed by atoms with van der Waals surface area (Å²) in [6.07, 6.45) is 0.217. The van der Waals surface area contributed by atoms with Gasteiger partial charge in [0.1, 0.15) is 6.10 Å². The number of fused-ring (bicyclic) bond motifs is 1. The highest BCUT2D eigenvalue weighted by Gasteiger charge is 2.28. The van der Waals surface area contributed by atoms with Gasteiger partial charge in [-0.05, 0) is 66.4 Å². The Kier molecular flexibility index (Phi) is 4.70. The fourth-order valence-corrected chi connectivity index (χ4v) is 3.64. The van der Waals surface area contributed by atoms with Gasteiger partial charge in [0.25, 0.3) is 5.91 Å². The van der Waals surface area contributed by atoms with E-state index >= 15 is 0 Å². The molecule has 0 radical (unpaired) electrons. The van der Waals surface area contributed by atoms with Crippen LogP contribution in [0.4, 0.5) is 5.69 Å². The van der Waals surface area contributed by atoms with Crippen LogP contribution < -0.4 is 5.32 Å². The first-order valence-corrected chi connectivity index (χ1v) is 9.28. The predicted octanol–water partition coefficient (Wildman–Crippen LogP) is 5.01. The number of benzene rings is 3. The number of amides is 1. The Morgan fingerprint density at radius 3 is 2.39 bits per heavy atom. The molecular formula is C24H21NO3. The minimum Gasteiger partial charge on any atom is -0.454 e. The van der Waals surface area contributed by atoms with E-state index in [1.54, 1.807) is 18.2 Å². The number of anilines is 1. The number of nitrogens with one attached hydrogen (secondary N) is 1. The first-order chi connectivity index (χ1) is 13.5. The van der Waals surface area contributed by atoms with Gasteiger partial charge in [0.2, 0.25) is 0 Å². The summed E-state index contributed by atoms with van der Waals surface area (Å²) in [5.74, 6) is -0.542. The fourth-order valence-electron chi connectivity index (χ4n) is 3.64. The van der Waals surface area contributed by atoms with Gasteiger partial charge in [0.05, 0.1) is 5.56 Å². The van der Waals surface area contributed by atoms with E-state index in [1.165, 1.54) is 0 Å². The van der Waals surface area contributed by atoms with Crippen LogP contribution in [-0.4, -0.2) is 11.9 Å². The Labute approximate surface area is 164 Å². The van der Waals surface area contributed by atoms with Crippen molar-refractivity contribution in [3.63, 3.8) is 0 Å². The summed E-state index contributed by atoms with van der Waals surface area (Å²) in [6, 6.07) is 20.7. The monoisotopic (exact) mass is 371 g/mol. The van der Waals surface area contributed by atoms with Crippen LogP contribution in [0.1, 0.15) is 49.1 Å². The molecule has 4 heteroatoms. The molecule has 0 saturated heterocycles. The molecule has 1 aliphatic rings. The maximum absolute atomic E-state index is 12.7. The molecule has 4 nitrogen and oxygen atoms in total. The number of aryl methyl sites for hydroxylation is 2. The Morgan fingerprint density at radius 2 is 1.68 bits per heavy atom. The summed E-state index contributed by atoms with van der Waals surface area (Å²) in [7, 11) is 0. The molecule has 1 amide bonds. The second kappa shape index (κ2) is 7.31. The van der Waals surface area contributed by atoms with Gasteiger partial charge >= 0.3 is 5.97 Å². The highest BCUT2D eigenvalue weighted by molar-refractivity contribution is 6.05. The molecule has 0 spiro atoms. The molecule has 0 aromatic heterocycles. The molecule has 0 fully saturated rings. The molecule has 1 aliphatic heterocycles. The second-order valence-electron chi connectivity index (χ2n) is 7.21. The molecule has 0 bridgehead atoms. The van der Waals surface area contributed by atoms with Crippen LogP contribution in [0.15, 0.2) is 66.7 Å². The molecule has 1 heterocycles.